The minimum absolute atomic E-state index is 0.0368. The van der Waals surface area contributed by atoms with Crippen LogP contribution in [-0.2, 0) is 28.7 Å². The number of carboxylic acids is 1. The first-order chi connectivity index (χ1) is 22.9. The zero-order chi connectivity index (χ0) is 37.3. The van der Waals surface area contributed by atoms with Crippen LogP contribution in [0.1, 0.15) is 69.7 Å². The SMILES string of the molecule is C[C@@H](C(=O)O)N(C)C(=O)c1ccc(NC(=O)C(CCCNC(N)=O)NC(=O)CNC(=O)CCCCC(C)(C)OC(=O)C(CBr)CBr)cc1F. The number of halogens is 3. The highest BCUT2D eigenvalue weighted by molar-refractivity contribution is 9.09. The number of unbranched alkanes of at least 4 members (excludes halogenated alkanes) is 1. The van der Waals surface area contributed by atoms with Gasteiger partial charge < -0.3 is 41.7 Å². The predicted molar refractivity (Wildman–Crippen MR) is 186 cm³/mol. The first-order valence-corrected chi connectivity index (χ1v) is 17.7. The van der Waals surface area contributed by atoms with Crippen LogP contribution in [0.2, 0.25) is 0 Å². The van der Waals surface area contributed by atoms with Gasteiger partial charge in [-0.1, -0.05) is 31.9 Å². The van der Waals surface area contributed by atoms with Gasteiger partial charge in [0.2, 0.25) is 17.7 Å². The van der Waals surface area contributed by atoms with Crippen molar-refractivity contribution in [2.45, 2.75) is 77.0 Å². The molecule has 1 unspecified atom stereocenters. The van der Waals surface area contributed by atoms with Gasteiger partial charge in [0.1, 0.15) is 23.5 Å². The van der Waals surface area contributed by atoms with Crippen molar-refractivity contribution in [3.63, 3.8) is 0 Å². The highest BCUT2D eigenvalue weighted by atomic mass is 79.9. The smallest absolute Gasteiger partial charge is 0.326 e. The highest BCUT2D eigenvalue weighted by Gasteiger charge is 2.28. The summed E-state index contributed by atoms with van der Waals surface area (Å²) >= 11 is 6.56. The van der Waals surface area contributed by atoms with E-state index in [0.717, 1.165) is 17.0 Å². The van der Waals surface area contributed by atoms with Crippen molar-refractivity contribution in [2.24, 2.45) is 11.7 Å². The summed E-state index contributed by atoms with van der Waals surface area (Å²) in [5.74, 6) is -5.62. The Kier molecular flexibility index (Phi) is 18.8. The van der Waals surface area contributed by atoms with Crippen LogP contribution in [0, 0.1) is 11.7 Å². The molecular formula is C31H45Br2FN6O9. The summed E-state index contributed by atoms with van der Waals surface area (Å²) in [5, 5.41) is 19.9. The molecule has 0 fully saturated rings. The number of primary amides is 1. The molecule has 0 aliphatic heterocycles. The van der Waals surface area contributed by atoms with Crippen molar-refractivity contribution >= 4 is 79.1 Å². The number of nitrogens with zero attached hydrogens (tertiary/aromatic N) is 1. The molecule has 7 N–H and O–H groups in total. The summed E-state index contributed by atoms with van der Waals surface area (Å²) < 4.78 is 20.4. The van der Waals surface area contributed by atoms with Crippen LogP contribution in [0.3, 0.4) is 0 Å². The largest absolute Gasteiger partial charge is 0.480 e. The number of urea groups is 1. The number of alkyl halides is 2. The molecule has 18 heteroatoms. The van der Waals surface area contributed by atoms with E-state index in [2.05, 4.69) is 53.1 Å². The van der Waals surface area contributed by atoms with E-state index in [1.165, 1.54) is 20.0 Å². The van der Waals surface area contributed by atoms with Crippen LogP contribution in [0.5, 0.6) is 0 Å². The summed E-state index contributed by atoms with van der Waals surface area (Å²) in [5.41, 5.74) is 3.90. The average molecular weight is 825 g/mol. The molecule has 1 aromatic carbocycles. The van der Waals surface area contributed by atoms with Crippen molar-refractivity contribution in [3.8, 4) is 0 Å². The number of amides is 6. The Morgan fingerprint density at radius 2 is 1.67 bits per heavy atom. The van der Waals surface area contributed by atoms with Gasteiger partial charge in [0.05, 0.1) is 18.0 Å². The molecule has 2 atom stereocenters. The Hall–Kier alpha value is -3.80. The molecule has 6 amide bonds. The summed E-state index contributed by atoms with van der Waals surface area (Å²) in [6.45, 7) is 4.52. The number of likely N-dealkylation sites (N-methyl/N-ethyl adjacent to an activating group) is 1. The Balaban J connectivity index is 2.75. The molecule has 0 heterocycles. The minimum Gasteiger partial charge on any atom is -0.480 e. The van der Waals surface area contributed by atoms with Crippen LogP contribution in [0.15, 0.2) is 18.2 Å². The molecule has 0 radical (unpaired) electrons. The molecule has 274 valence electrons. The van der Waals surface area contributed by atoms with Gasteiger partial charge in [-0.25, -0.2) is 14.0 Å². The van der Waals surface area contributed by atoms with Crippen LogP contribution < -0.4 is 27.0 Å². The third kappa shape index (κ3) is 16.0. The maximum atomic E-state index is 14.8. The molecule has 0 bridgehead atoms. The van der Waals surface area contributed by atoms with Gasteiger partial charge in [-0.15, -0.1) is 0 Å². The number of carbonyl (C=O) groups is 7. The third-order valence-corrected chi connectivity index (χ3v) is 8.87. The molecule has 0 saturated carbocycles. The predicted octanol–water partition coefficient (Wildman–Crippen LogP) is 2.65. The van der Waals surface area contributed by atoms with Gasteiger partial charge in [-0.2, -0.15) is 0 Å². The molecule has 1 aromatic rings. The molecule has 0 aliphatic rings. The lowest BCUT2D eigenvalue weighted by molar-refractivity contribution is -0.160. The van der Waals surface area contributed by atoms with Gasteiger partial charge in [0.15, 0.2) is 0 Å². The molecule has 15 nitrogen and oxygen atoms in total. The maximum Gasteiger partial charge on any atom is 0.326 e. The number of hydrogen-bond acceptors (Lipinski definition) is 8. The van der Waals surface area contributed by atoms with Gasteiger partial charge in [0.25, 0.3) is 5.91 Å². The number of carbonyl (C=O) groups excluding carboxylic acids is 6. The van der Waals surface area contributed by atoms with Crippen molar-refractivity contribution in [2.75, 3.05) is 36.1 Å². The summed E-state index contributed by atoms with van der Waals surface area (Å²) in [6.07, 6.45) is 1.96. The fraction of sp³-hybridized carbons (Fsp3) is 0.581. The van der Waals surface area contributed by atoms with E-state index in [9.17, 15) is 38.0 Å². The van der Waals surface area contributed by atoms with E-state index in [-0.39, 0.29) is 43.4 Å². The fourth-order valence-electron chi connectivity index (χ4n) is 4.24. The number of nitrogens with two attached hydrogens (primary N) is 1. The van der Waals surface area contributed by atoms with E-state index >= 15 is 0 Å². The molecule has 49 heavy (non-hydrogen) atoms. The van der Waals surface area contributed by atoms with E-state index in [0.29, 0.717) is 29.9 Å². The second kappa shape index (κ2) is 21.3. The van der Waals surface area contributed by atoms with Crippen molar-refractivity contribution < 1.29 is 47.8 Å². The third-order valence-electron chi connectivity index (χ3n) is 7.31. The van der Waals surface area contributed by atoms with E-state index in [1.54, 1.807) is 13.8 Å². The molecule has 0 aliphatic carbocycles. The Morgan fingerprint density at radius 1 is 1.02 bits per heavy atom. The van der Waals surface area contributed by atoms with Gasteiger partial charge >= 0.3 is 18.0 Å². The normalized spacial score (nSPS) is 12.3. The fourth-order valence-corrected chi connectivity index (χ4v) is 5.84. The first kappa shape index (κ1) is 43.2. The minimum atomic E-state index is -1.27. The van der Waals surface area contributed by atoms with Crippen molar-refractivity contribution in [1.29, 1.82) is 0 Å². The van der Waals surface area contributed by atoms with Gasteiger partial charge in [0, 0.05) is 36.4 Å². The summed E-state index contributed by atoms with van der Waals surface area (Å²) in [6, 6.07) is 0.0728. The Morgan fingerprint density at radius 3 is 2.24 bits per heavy atom. The zero-order valence-corrected chi connectivity index (χ0v) is 31.1. The molecular weight excluding hydrogens is 779 g/mol. The quantitative estimate of drug-likeness (QED) is 0.0608. The molecule has 0 aromatic heterocycles. The number of carboxylic acid groups (broad SMARTS) is 1. The molecule has 0 saturated heterocycles. The van der Waals surface area contributed by atoms with Gasteiger partial charge in [-0.05, 0) is 71.1 Å². The number of hydrogen-bond donors (Lipinski definition) is 6. The van der Waals surface area contributed by atoms with Gasteiger partial charge in [-0.3, -0.25) is 24.0 Å². The van der Waals surface area contributed by atoms with Crippen LogP contribution in [-0.4, -0.2) is 100 Å². The Bertz CT molecular complexity index is 1350. The Labute approximate surface area is 301 Å². The van der Waals surface area contributed by atoms with Crippen LogP contribution >= 0.6 is 31.9 Å². The zero-order valence-electron chi connectivity index (χ0n) is 27.9. The van der Waals surface area contributed by atoms with E-state index < -0.39 is 71.2 Å². The maximum absolute atomic E-state index is 14.8. The number of benzene rings is 1. The van der Waals surface area contributed by atoms with E-state index in [4.69, 9.17) is 15.6 Å². The molecule has 0 spiro atoms. The average Bonchev–Trinajstić information content (AvgIpc) is 3.02. The highest BCUT2D eigenvalue weighted by Crippen LogP contribution is 2.22. The first-order valence-electron chi connectivity index (χ1n) is 15.5. The van der Waals surface area contributed by atoms with Crippen molar-refractivity contribution in [1.82, 2.24) is 20.9 Å². The monoisotopic (exact) mass is 822 g/mol. The summed E-state index contributed by atoms with van der Waals surface area (Å²) in [7, 11) is 1.22. The second-order valence-corrected chi connectivity index (χ2v) is 13.1. The van der Waals surface area contributed by atoms with Crippen LogP contribution in [0.4, 0.5) is 14.9 Å². The topological polar surface area (TPSA) is 226 Å². The molecule has 1 rings (SSSR count). The number of nitrogens with one attached hydrogen (secondary N) is 4. The second-order valence-electron chi connectivity index (χ2n) is 11.8. The number of aliphatic carboxylic acids is 1. The van der Waals surface area contributed by atoms with Crippen LogP contribution in [0.25, 0.3) is 0 Å². The number of rotatable bonds is 21. The lowest BCUT2D eigenvalue weighted by atomic mass is 10.00. The number of esters is 1. The lowest BCUT2D eigenvalue weighted by Gasteiger charge is -2.27. The lowest BCUT2D eigenvalue weighted by Crippen LogP contribution is -2.47. The number of ether oxygens (including phenoxy) is 1. The van der Waals surface area contributed by atoms with Crippen molar-refractivity contribution in [3.05, 3.63) is 29.6 Å². The number of anilines is 1. The summed E-state index contributed by atoms with van der Waals surface area (Å²) in [4.78, 5) is 86.0. The van der Waals surface area contributed by atoms with E-state index in [1.807, 2.05) is 0 Å². The standard InChI is InChI=1S/C31H45Br2FN6O9/c1-18(28(45)46)40(4)27(44)21-11-10-20(14-22(21)34)38-26(43)23(8-7-13-36-30(35)48)39-25(42)17-37-24(41)9-5-6-12-31(2,3)49-29(47)19(15-32)16-33/h10-11,14,18-19,23H,5-9,12-13,15-17H2,1-4H3,(H,37,41)(H,38,43)(H,39,42)(H,45,46)(H3,35,36,48)/t18-,23?/m0/s1.